The normalized spacial score (nSPS) is 21.8. The van der Waals surface area contributed by atoms with Gasteiger partial charge in [-0.25, -0.2) is 8.42 Å². The average molecular weight is 583 g/mol. The van der Waals surface area contributed by atoms with Crippen LogP contribution in [0.15, 0.2) is 42.5 Å². The first kappa shape index (κ1) is 28.4. The van der Waals surface area contributed by atoms with Crippen LogP contribution in [0, 0.1) is 0 Å². The van der Waals surface area contributed by atoms with E-state index in [0.717, 1.165) is 12.1 Å². The maximum absolute atomic E-state index is 13.5. The second kappa shape index (κ2) is 10.7. The van der Waals surface area contributed by atoms with Crippen LogP contribution in [0.3, 0.4) is 0 Å². The van der Waals surface area contributed by atoms with E-state index in [1.165, 1.54) is 30.7 Å². The number of fused-ring (bicyclic) bond motifs is 2. The third-order valence-electron chi connectivity index (χ3n) is 7.01. The summed E-state index contributed by atoms with van der Waals surface area (Å²) >= 11 is 0. The third kappa shape index (κ3) is 5.82. The Morgan fingerprint density at radius 2 is 1.93 bits per heavy atom. The van der Waals surface area contributed by atoms with E-state index < -0.39 is 33.3 Å². The quantitative estimate of drug-likeness (QED) is 0.374. The summed E-state index contributed by atoms with van der Waals surface area (Å²) in [5.74, 6) is -0.663. The standard InChI is InChI=1S/C27H29F3N2O7S/c1-36-15-26(16-37-2)12-17(20-7-6-18(27(28,29)30)11-24(20)39-26)10-25(33)31-22-4-3-5-23-21(22)8-9-40(34,35)32(23)13-19-14-38-19/h3-7,10-11,19H,8-9,12-16H2,1-2H3,(H,31,33)/b17-10+. The van der Waals surface area contributed by atoms with Crippen LogP contribution in [-0.4, -0.2) is 72.4 Å². The minimum absolute atomic E-state index is 0.0106. The average Bonchev–Trinajstić information content (AvgIpc) is 3.69. The first-order valence-corrected chi connectivity index (χ1v) is 14.2. The zero-order valence-electron chi connectivity index (χ0n) is 21.9. The number of epoxide rings is 1. The number of nitrogens with one attached hydrogen (secondary N) is 1. The van der Waals surface area contributed by atoms with Gasteiger partial charge in [-0.2, -0.15) is 13.2 Å². The number of amides is 1. The lowest BCUT2D eigenvalue weighted by Crippen LogP contribution is -2.47. The second-order valence-corrected chi connectivity index (χ2v) is 12.1. The van der Waals surface area contributed by atoms with Crippen LogP contribution in [-0.2, 0) is 41.6 Å². The summed E-state index contributed by atoms with van der Waals surface area (Å²) in [5, 5.41) is 2.84. The van der Waals surface area contributed by atoms with Crippen molar-refractivity contribution in [3.8, 4) is 5.75 Å². The monoisotopic (exact) mass is 582 g/mol. The fourth-order valence-electron chi connectivity index (χ4n) is 5.19. The van der Waals surface area contributed by atoms with Crippen LogP contribution >= 0.6 is 0 Å². The molecule has 2 aromatic rings. The Morgan fingerprint density at radius 3 is 2.58 bits per heavy atom. The van der Waals surface area contributed by atoms with Crippen molar-refractivity contribution in [1.82, 2.24) is 0 Å². The second-order valence-electron chi connectivity index (χ2n) is 10.1. The van der Waals surface area contributed by atoms with Crippen molar-refractivity contribution in [3.05, 3.63) is 59.2 Å². The maximum Gasteiger partial charge on any atom is 0.416 e. The predicted molar refractivity (Wildman–Crippen MR) is 141 cm³/mol. The van der Waals surface area contributed by atoms with E-state index in [4.69, 9.17) is 18.9 Å². The summed E-state index contributed by atoms with van der Waals surface area (Å²) in [5.41, 5.74) is 0.383. The Hall–Kier alpha value is -3.13. The highest BCUT2D eigenvalue weighted by Gasteiger charge is 2.41. The van der Waals surface area contributed by atoms with Crippen molar-refractivity contribution >= 4 is 32.9 Å². The molecule has 0 spiro atoms. The number of rotatable bonds is 8. The van der Waals surface area contributed by atoms with Gasteiger partial charge in [0.1, 0.15) is 5.75 Å². The molecule has 1 atom stereocenters. The number of hydrogen-bond acceptors (Lipinski definition) is 7. The van der Waals surface area contributed by atoms with Crippen molar-refractivity contribution in [3.63, 3.8) is 0 Å². The van der Waals surface area contributed by atoms with E-state index in [1.54, 1.807) is 18.2 Å². The minimum atomic E-state index is -4.58. The number of carbonyl (C=O) groups is 1. The van der Waals surface area contributed by atoms with Crippen LogP contribution in [0.4, 0.5) is 24.5 Å². The summed E-state index contributed by atoms with van der Waals surface area (Å²) in [4.78, 5) is 13.3. The number of benzene rings is 2. The summed E-state index contributed by atoms with van der Waals surface area (Å²) < 4.78 is 89.0. The van der Waals surface area contributed by atoms with Crippen molar-refractivity contribution in [2.75, 3.05) is 56.0 Å². The van der Waals surface area contributed by atoms with Crippen molar-refractivity contribution in [2.24, 2.45) is 0 Å². The van der Waals surface area contributed by atoms with Gasteiger partial charge in [0, 0.05) is 43.5 Å². The third-order valence-corrected chi connectivity index (χ3v) is 8.75. The highest BCUT2D eigenvalue weighted by Crippen LogP contribution is 2.44. The van der Waals surface area contributed by atoms with E-state index in [-0.39, 0.29) is 50.2 Å². The number of ether oxygens (including phenoxy) is 4. The molecule has 1 saturated heterocycles. The van der Waals surface area contributed by atoms with Gasteiger partial charge in [0.15, 0.2) is 5.60 Å². The van der Waals surface area contributed by atoms with Crippen LogP contribution in [0.5, 0.6) is 5.75 Å². The lowest BCUT2D eigenvalue weighted by Gasteiger charge is -2.39. The first-order valence-electron chi connectivity index (χ1n) is 12.6. The SMILES string of the molecule is COCC1(COC)C/C(=C\C(=O)Nc2cccc3c2CCS(=O)(=O)N3CC2CO2)c2ccc(C(F)(F)F)cc2O1. The molecule has 0 radical (unpaired) electrons. The van der Waals surface area contributed by atoms with Gasteiger partial charge in [-0.15, -0.1) is 0 Å². The molecule has 0 aliphatic carbocycles. The van der Waals surface area contributed by atoms with Crippen LogP contribution in [0.2, 0.25) is 0 Å². The molecule has 0 aromatic heterocycles. The topological polar surface area (TPSA) is 107 Å². The summed E-state index contributed by atoms with van der Waals surface area (Å²) in [6.07, 6.45) is -3.06. The van der Waals surface area contributed by atoms with Gasteiger partial charge in [0.2, 0.25) is 15.9 Å². The maximum atomic E-state index is 13.5. The van der Waals surface area contributed by atoms with Crippen molar-refractivity contribution in [2.45, 2.75) is 30.7 Å². The van der Waals surface area contributed by atoms with Gasteiger partial charge >= 0.3 is 6.18 Å². The number of hydrogen-bond donors (Lipinski definition) is 1. The van der Waals surface area contributed by atoms with E-state index >= 15 is 0 Å². The number of sulfonamides is 1. The Balaban J connectivity index is 1.48. The molecule has 9 nitrogen and oxygen atoms in total. The fraction of sp³-hybridized carbons (Fsp3) is 0.444. The number of halogens is 3. The Kier molecular flexibility index (Phi) is 7.59. The summed E-state index contributed by atoms with van der Waals surface area (Å²) in [6.45, 7) is 0.719. The van der Waals surface area contributed by atoms with Gasteiger partial charge in [-0.3, -0.25) is 9.10 Å². The molecule has 0 saturated carbocycles. The van der Waals surface area contributed by atoms with Gasteiger partial charge < -0.3 is 24.3 Å². The molecule has 5 rings (SSSR count). The first-order chi connectivity index (χ1) is 18.9. The molecule has 3 aliphatic rings. The summed E-state index contributed by atoms with van der Waals surface area (Å²) in [6, 6.07) is 8.18. The van der Waals surface area contributed by atoms with E-state index in [9.17, 15) is 26.4 Å². The lowest BCUT2D eigenvalue weighted by atomic mass is 9.86. The molecular weight excluding hydrogens is 553 g/mol. The molecule has 3 heterocycles. The molecule has 1 fully saturated rings. The predicted octanol–water partition coefficient (Wildman–Crippen LogP) is 3.63. The molecular formula is C27H29F3N2O7S. The molecule has 1 amide bonds. The molecule has 40 heavy (non-hydrogen) atoms. The summed E-state index contributed by atoms with van der Waals surface area (Å²) in [7, 11) is -0.640. The lowest BCUT2D eigenvalue weighted by molar-refractivity contribution is -0.138. The number of alkyl halides is 3. The smallest absolute Gasteiger partial charge is 0.416 e. The van der Waals surface area contributed by atoms with E-state index in [2.05, 4.69) is 5.32 Å². The molecule has 13 heteroatoms. The molecule has 216 valence electrons. The van der Waals surface area contributed by atoms with E-state index in [0.29, 0.717) is 34.7 Å². The molecule has 1 unspecified atom stereocenters. The van der Waals surface area contributed by atoms with Crippen molar-refractivity contribution < 1.29 is 45.3 Å². The zero-order valence-corrected chi connectivity index (χ0v) is 22.7. The largest absolute Gasteiger partial charge is 0.481 e. The number of anilines is 2. The van der Waals surface area contributed by atoms with Gasteiger partial charge in [0.25, 0.3) is 0 Å². The Bertz CT molecular complexity index is 1430. The fourth-order valence-corrected chi connectivity index (χ4v) is 6.74. The van der Waals surface area contributed by atoms with Crippen LogP contribution < -0.4 is 14.4 Å². The van der Waals surface area contributed by atoms with E-state index in [1.807, 2.05) is 0 Å². The number of nitrogens with zero attached hydrogens (tertiary/aromatic N) is 1. The molecule has 3 aliphatic heterocycles. The number of carbonyl (C=O) groups excluding carboxylic acids is 1. The molecule has 0 bridgehead atoms. The minimum Gasteiger partial charge on any atom is -0.481 e. The highest BCUT2D eigenvalue weighted by molar-refractivity contribution is 7.92. The molecule has 1 N–H and O–H groups in total. The van der Waals surface area contributed by atoms with Crippen LogP contribution in [0.1, 0.15) is 23.1 Å². The van der Waals surface area contributed by atoms with Gasteiger partial charge in [-0.05, 0) is 36.3 Å². The van der Waals surface area contributed by atoms with Crippen molar-refractivity contribution in [1.29, 1.82) is 0 Å². The van der Waals surface area contributed by atoms with Gasteiger partial charge in [-0.1, -0.05) is 12.1 Å². The van der Waals surface area contributed by atoms with Crippen LogP contribution in [0.25, 0.3) is 5.57 Å². The van der Waals surface area contributed by atoms with Gasteiger partial charge in [0.05, 0.1) is 49.5 Å². The Labute approximate surface area is 229 Å². The Morgan fingerprint density at radius 1 is 1.20 bits per heavy atom. The number of methoxy groups -OCH3 is 2. The highest BCUT2D eigenvalue weighted by atomic mass is 32.2. The zero-order chi connectivity index (χ0) is 28.7. The molecule has 2 aromatic carbocycles.